The molecule has 0 radical (unpaired) electrons. The summed E-state index contributed by atoms with van der Waals surface area (Å²) < 4.78 is 3.10. The van der Waals surface area contributed by atoms with Crippen LogP contribution in [-0.2, 0) is 30.2 Å². The summed E-state index contributed by atoms with van der Waals surface area (Å²) in [6, 6.07) is 7.22. The van der Waals surface area contributed by atoms with Gasteiger partial charge in [-0.15, -0.1) is 0 Å². The van der Waals surface area contributed by atoms with E-state index >= 15 is 0 Å². The summed E-state index contributed by atoms with van der Waals surface area (Å²) in [6.45, 7) is 3.95. The van der Waals surface area contributed by atoms with E-state index in [1.807, 2.05) is 19.9 Å². The van der Waals surface area contributed by atoms with Crippen molar-refractivity contribution >= 4 is 52.9 Å². The third kappa shape index (κ3) is 6.12. The Morgan fingerprint density at radius 3 is 2.00 bits per heavy atom. The highest BCUT2D eigenvalue weighted by atomic mass is 35.5. The van der Waals surface area contributed by atoms with E-state index in [1.54, 1.807) is 53.8 Å². The predicted octanol–water partition coefficient (Wildman–Crippen LogP) is 4.06. The van der Waals surface area contributed by atoms with Crippen molar-refractivity contribution in [1.29, 1.82) is 0 Å². The average Bonchev–Trinajstić information content (AvgIpc) is 3.16. The highest BCUT2D eigenvalue weighted by Gasteiger charge is 2.10. The van der Waals surface area contributed by atoms with E-state index in [2.05, 4.69) is 20.8 Å². The molecule has 0 unspecified atom stereocenters. The molecule has 2 amide bonds. The van der Waals surface area contributed by atoms with E-state index in [9.17, 15) is 9.59 Å². The van der Waals surface area contributed by atoms with Gasteiger partial charge >= 0.3 is 0 Å². The zero-order valence-electron chi connectivity index (χ0n) is 18.7. The molecule has 0 saturated heterocycles. The summed E-state index contributed by atoms with van der Waals surface area (Å²) in [6.07, 6.45) is 6.09. The van der Waals surface area contributed by atoms with Gasteiger partial charge in [-0.1, -0.05) is 35.3 Å². The van der Waals surface area contributed by atoms with E-state index < -0.39 is 0 Å². The molecule has 2 aromatic heterocycles. The van der Waals surface area contributed by atoms with Crippen LogP contribution in [0.4, 0.5) is 5.69 Å². The number of carbonyl (C=O) groups excluding carboxylic acids is 2. The van der Waals surface area contributed by atoms with Crippen LogP contribution in [0.15, 0.2) is 36.4 Å². The number of hydrogen-bond donors (Lipinski definition) is 2. The maximum absolute atomic E-state index is 12.3. The van der Waals surface area contributed by atoms with Crippen molar-refractivity contribution in [3.63, 3.8) is 0 Å². The molecule has 0 fully saturated rings. The first-order valence-electron chi connectivity index (χ1n) is 10.1. The van der Waals surface area contributed by atoms with E-state index in [1.165, 1.54) is 12.2 Å². The lowest BCUT2D eigenvalue weighted by molar-refractivity contribution is -0.116. The molecule has 0 aliphatic heterocycles. The zero-order chi connectivity index (χ0) is 24.1. The summed E-state index contributed by atoms with van der Waals surface area (Å²) >= 11 is 12.4. The molecular formula is C23H24Cl2N6O2. The number of aromatic nitrogens is 4. The number of anilines is 1. The van der Waals surface area contributed by atoms with Gasteiger partial charge < -0.3 is 10.6 Å². The van der Waals surface area contributed by atoms with Gasteiger partial charge in [0.15, 0.2) is 0 Å². The fourth-order valence-electron chi connectivity index (χ4n) is 3.18. The monoisotopic (exact) mass is 486 g/mol. The Bertz CT molecular complexity index is 1260. The predicted molar refractivity (Wildman–Crippen MR) is 131 cm³/mol. The fraction of sp³-hybridized carbons (Fsp3) is 0.217. The molecule has 0 aliphatic carbocycles. The first-order chi connectivity index (χ1) is 15.7. The molecule has 2 N–H and O–H groups in total. The molecule has 1 aromatic carbocycles. The molecule has 0 atom stereocenters. The molecule has 3 aromatic rings. The number of carbonyl (C=O) groups is 2. The second-order valence-corrected chi connectivity index (χ2v) is 8.12. The molecule has 10 heteroatoms. The molecule has 0 aliphatic rings. The number of halogens is 2. The molecule has 2 heterocycles. The Morgan fingerprint density at radius 2 is 1.48 bits per heavy atom. The second kappa shape index (κ2) is 10.5. The van der Waals surface area contributed by atoms with E-state index in [-0.39, 0.29) is 11.8 Å². The lowest BCUT2D eigenvalue weighted by Crippen LogP contribution is -2.20. The van der Waals surface area contributed by atoms with Crippen LogP contribution in [0.2, 0.25) is 10.3 Å². The number of rotatable bonds is 7. The highest BCUT2D eigenvalue weighted by Crippen LogP contribution is 2.21. The number of hydrogen-bond acceptors (Lipinski definition) is 4. The fourth-order valence-corrected chi connectivity index (χ4v) is 3.66. The number of benzene rings is 1. The van der Waals surface area contributed by atoms with Crippen LogP contribution < -0.4 is 10.6 Å². The van der Waals surface area contributed by atoms with Crippen molar-refractivity contribution in [1.82, 2.24) is 24.9 Å². The zero-order valence-corrected chi connectivity index (χ0v) is 20.2. The summed E-state index contributed by atoms with van der Waals surface area (Å²) in [5.74, 6) is -0.572. The lowest BCUT2D eigenvalue weighted by atomic mass is 10.2. The highest BCUT2D eigenvalue weighted by molar-refractivity contribution is 6.31. The van der Waals surface area contributed by atoms with Gasteiger partial charge in [0.25, 0.3) is 0 Å². The van der Waals surface area contributed by atoms with E-state index in [0.29, 0.717) is 33.7 Å². The van der Waals surface area contributed by atoms with Crippen molar-refractivity contribution < 1.29 is 9.59 Å². The molecule has 0 spiro atoms. The maximum atomic E-state index is 12.3. The van der Waals surface area contributed by atoms with Gasteiger partial charge in [0.05, 0.1) is 11.4 Å². The Morgan fingerprint density at radius 1 is 0.939 bits per heavy atom. The van der Waals surface area contributed by atoms with Crippen LogP contribution in [0, 0.1) is 13.8 Å². The SMILES string of the molecule is Cc1nn(C)c(Cl)c1C=CC(=O)NCc1cccc(NC(=O)C=Cc2c(C)nn(C)c2Cl)c1. The summed E-state index contributed by atoms with van der Waals surface area (Å²) in [4.78, 5) is 24.5. The molecule has 172 valence electrons. The smallest absolute Gasteiger partial charge is 0.248 e. The van der Waals surface area contributed by atoms with Crippen molar-refractivity contribution in [2.24, 2.45) is 14.1 Å². The summed E-state index contributed by atoms with van der Waals surface area (Å²) in [7, 11) is 3.48. The van der Waals surface area contributed by atoms with Crippen LogP contribution in [0.1, 0.15) is 28.1 Å². The van der Waals surface area contributed by atoms with Crippen LogP contribution >= 0.6 is 23.2 Å². The summed E-state index contributed by atoms with van der Waals surface area (Å²) in [5.41, 5.74) is 4.32. The standard InChI is InChI=1S/C23H24Cl2N6O2/c1-14-18(22(24)30(3)28-14)8-10-20(32)26-13-16-6-5-7-17(12-16)27-21(33)11-9-19-15(2)29-31(4)23(19)25/h5-12H,13H2,1-4H3,(H,26,32)(H,27,33). The van der Waals surface area contributed by atoms with Crippen molar-refractivity contribution in [2.45, 2.75) is 20.4 Å². The van der Waals surface area contributed by atoms with Crippen molar-refractivity contribution in [3.05, 3.63) is 74.8 Å². The van der Waals surface area contributed by atoms with Crippen LogP contribution in [0.25, 0.3) is 12.2 Å². The summed E-state index contributed by atoms with van der Waals surface area (Å²) in [5, 5.41) is 15.0. The third-order valence-electron chi connectivity index (χ3n) is 4.86. The van der Waals surface area contributed by atoms with Crippen LogP contribution in [0.5, 0.6) is 0 Å². The first kappa shape index (κ1) is 24.3. The van der Waals surface area contributed by atoms with Crippen LogP contribution in [0.3, 0.4) is 0 Å². The van der Waals surface area contributed by atoms with Gasteiger partial charge in [0.2, 0.25) is 11.8 Å². The third-order valence-corrected chi connectivity index (χ3v) is 5.75. The van der Waals surface area contributed by atoms with Gasteiger partial charge in [-0.25, -0.2) is 0 Å². The number of amides is 2. The van der Waals surface area contributed by atoms with E-state index in [4.69, 9.17) is 23.2 Å². The Kier molecular flexibility index (Phi) is 7.73. The van der Waals surface area contributed by atoms with Gasteiger partial charge in [0, 0.05) is 49.6 Å². The first-order valence-corrected chi connectivity index (χ1v) is 10.8. The van der Waals surface area contributed by atoms with Crippen molar-refractivity contribution in [2.75, 3.05) is 5.32 Å². The lowest BCUT2D eigenvalue weighted by Gasteiger charge is -2.07. The molecule has 3 rings (SSSR count). The van der Waals surface area contributed by atoms with Crippen LogP contribution in [-0.4, -0.2) is 31.4 Å². The average molecular weight is 487 g/mol. The Hall–Kier alpha value is -3.36. The molecule has 0 saturated carbocycles. The van der Waals surface area contributed by atoms with Gasteiger partial charge in [-0.2, -0.15) is 10.2 Å². The molecule has 0 bridgehead atoms. The minimum Gasteiger partial charge on any atom is -0.348 e. The molecule has 33 heavy (non-hydrogen) atoms. The topological polar surface area (TPSA) is 93.8 Å². The van der Waals surface area contributed by atoms with Gasteiger partial charge in [-0.3, -0.25) is 19.0 Å². The Labute approximate surface area is 201 Å². The number of nitrogens with zero attached hydrogens (tertiary/aromatic N) is 4. The minimum absolute atomic E-state index is 0.268. The second-order valence-electron chi connectivity index (χ2n) is 7.40. The Balaban J connectivity index is 1.57. The molecule has 8 nitrogen and oxygen atoms in total. The number of aryl methyl sites for hydroxylation is 4. The molecular weight excluding hydrogens is 463 g/mol. The minimum atomic E-state index is -0.304. The quantitative estimate of drug-likeness (QED) is 0.492. The van der Waals surface area contributed by atoms with Gasteiger partial charge in [-0.05, 0) is 43.7 Å². The normalized spacial score (nSPS) is 11.5. The number of nitrogens with one attached hydrogen (secondary N) is 2. The van der Waals surface area contributed by atoms with E-state index in [0.717, 1.165) is 17.0 Å². The largest absolute Gasteiger partial charge is 0.348 e. The van der Waals surface area contributed by atoms with Crippen molar-refractivity contribution in [3.8, 4) is 0 Å². The maximum Gasteiger partial charge on any atom is 0.248 e. The van der Waals surface area contributed by atoms with Gasteiger partial charge in [0.1, 0.15) is 10.3 Å².